The average Bonchev–Trinajstić information content (AvgIpc) is 3.47. The van der Waals surface area contributed by atoms with Crippen molar-refractivity contribution < 1.29 is 33.4 Å². The zero-order valence-electron chi connectivity index (χ0n) is 24.3. The number of amides is 2. The van der Waals surface area contributed by atoms with Crippen molar-refractivity contribution in [2.45, 2.75) is 52.3 Å². The number of carbonyl (C=O) groups is 5. The number of alkyl carbamates (subject to hydrolysis) is 1. The summed E-state index contributed by atoms with van der Waals surface area (Å²) in [6.45, 7) is 7.78. The molecule has 2 aromatic carbocycles. The summed E-state index contributed by atoms with van der Waals surface area (Å²) >= 11 is 6.81. The van der Waals surface area contributed by atoms with Gasteiger partial charge < -0.3 is 20.1 Å². The van der Waals surface area contributed by atoms with Crippen LogP contribution in [0.4, 0.5) is 4.79 Å². The fourth-order valence-corrected chi connectivity index (χ4v) is 5.45. The van der Waals surface area contributed by atoms with E-state index in [1.165, 1.54) is 42.5 Å². The minimum absolute atomic E-state index is 0.291. The van der Waals surface area contributed by atoms with Gasteiger partial charge in [0.1, 0.15) is 11.6 Å². The second kappa shape index (κ2) is 12.3. The van der Waals surface area contributed by atoms with E-state index in [2.05, 4.69) is 42.5 Å². The van der Waals surface area contributed by atoms with E-state index in [4.69, 9.17) is 9.47 Å². The topological polar surface area (TPSA) is 138 Å². The molecule has 0 unspecified atom stereocenters. The molecule has 0 fully saturated rings. The molecule has 0 aliphatic carbocycles. The van der Waals surface area contributed by atoms with Crippen molar-refractivity contribution in [3.63, 3.8) is 0 Å². The Morgan fingerprint density at radius 1 is 0.767 bits per heavy atom. The third-order valence-corrected chi connectivity index (χ3v) is 7.53. The quantitative estimate of drug-likeness (QED) is 0.232. The van der Waals surface area contributed by atoms with Crippen LogP contribution in [0.15, 0.2) is 57.7 Å². The first kappa shape index (κ1) is 32.0. The van der Waals surface area contributed by atoms with E-state index in [-0.39, 0.29) is 11.8 Å². The van der Waals surface area contributed by atoms with Crippen LogP contribution in [-0.2, 0) is 19.1 Å². The number of hydrogen-bond donors (Lipinski definition) is 2. The lowest BCUT2D eigenvalue weighted by atomic mass is 10.0. The average molecular weight is 718 g/mol. The predicted molar refractivity (Wildman–Crippen MR) is 167 cm³/mol. The van der Waals surface area contributed by atoms with E-state index in [1.807, 2.05) is 0 Å². The molecular formula is C30H30Br2N4O7. The Labute approximate surface area is 264 Å². The molecule has 2 atom stereocenters. The molecule has 0 saturated heterocycles. The molecular weight excluding hydrogens is 688 g/mol. The lowest BCUT2D eigenvalue weighted by molar-refractivity contribution is -0.145. The number of esters is 1. The van der Waals surface area contributed by atoms with Crippen LogP contribution >= 0.6 is 31.9 Å². The Bertz CT molecular complexity index is 1780. The molecule has 0 radical (unpaired) electrons. The number of methoxy groups -OCH3 is 1. The van der Waals surface area contributed by atoms with E-state index in [1.54, 1.807) is 57.2 Å². The van der Waals surface area contributed by atoms with Crippen LogP contribution in [-0.4, -0.2) is 51.6 Å². The first-order valence-corrected chi connectivity index (χ1v) is 14.7. The molecule has 2 N–H and O–H groups in total. The van der Waals surface area contributed by atoms with E-state index in [0.29, 0.717) is 41.9 Å². The van der Waals surface area contributed by atoms with Gasteiger partial charge in [0.25, 0.3) is 0 Å². The number of halogens is 2. The molecule has 0 saturated carbocycles. The Morgan fingerprint density at radius 3 is 1.65 bits per heavy atom. The SMILES string of the molecule is COC(=O)[C@@H](NC(=O)[C@@H](NC(=O)OC(C)(C)C)c1cn(C(C)=O)c2cc(Br)ccc12)c1cn(C(C)=O)c2cc(Br)ccc12. The molecule has 4 rings (SSSR count). The van der Waals surface area contributed by atoms with Crippen LogP contribution < -0.4 is 10.6 Å². The van der Waals surface area contributed by atoms with Gasteiger partial charge in [0, 0.05) is 57.1 Å². The Kier molecular flexibility index (Phi) is 9.16. The highest BCUT2D eigenvalue weighted by Crippen LogP contribution is 2.33. The highest BCUT2D eigenvalue weighted by atomic mass is 79.9. The Balaban J connectivity index is 1.85. The number of aromatic nitrogens is 2. The molecule has 2 heterocycles. The lowest BCUT2D eigenvalue weighted by Gasteiger charge is -2.25. The summed E-state index contributed by atoms with van der Waals surface area (Å²) in [4.78, 5) is 65.2. The lowest BCUT2D eigenvalue weighted by Crippen LogP contribution is -2.45. The number of rotatable bonds is 6. The number of ether oxygens (including phenoxy) is 2. The minimum atomic E-state index is -1.40. The standard InChI is InChI=1S/C30H30Br2N4O7/c1-15(37)35-13-21(19-9-7-17(31)11-23(19)35)25(34-29(41)43-30(3,4)5)27(39)33-26(28(40)42-6)22-14-36(16(2)38)24-12-18(32)8-10-20(22)24/h7-14,25-26H,1-6H3,(H,33,39)(H,34,41)/t25-,26-/m0/s1. The number of carbonyl (C=O) groups excluding carboxylic acids is 5. The predicted octanol–water partition coefficient (Wildman–Crippen LogP) is 6.04. The van der Waals surface area contributed by atoms with Gasteiger partial charge in [0.05, 0.1) is 18.1 Å². The molecule has 0 spiro atoms. The van der Waals surface area contributed by atoms with Crippen LogP contribution in [0, 0.1) is 0 Å². The third-order valence-electron chi connectivity index (χ3n) is 6.54. The summed E-state index contributed by atoms with van der Waals surface area (Å²) in [7, 11) is 1.18. The maximum Gasteiger partial charge on any atom is 0.408 e. The number of hydrogen-bond acceptors (Lipinski definition) is 7. The fraction of sp³-hybridized carbons (Fsp3) is 0.300. The van der Waals surface area contributed by atoms with E-state index >= 15 is 0 Å². The molecule has 226 valence electrons. The second-order valence-corrected chi connectivity index (χ2v) is 12.6. The van der Waals surface area contributed by atoms with Crippen molar-refractivity contribution in [1.82, 2.24) is 19.8 Å². The summed E-state index contributed by atoms with van der Waals surface area (Å²) in [6.07, 6.45) is 2.05. The summed E-state index contributed by atoms with van der Waals surface area (Å²) in [5, 5.41) is 6.35. The molecule has 0 bridgehead atoms. The van der Waals surface area contributed by atoms with Crippen LogP contribution in [0.3, 0.4) is 0 Å². The fourth-order valence-electron chi connectivity index (χ4n) is 4.75. The molecule has 2 aromatic heterocycles. The molecule has 11 nitrogen and oxygen atoms in total. The number of nitrogens with one attached hydrogen (secondary N) is 2. The monoisotopic (exact) mass is 716 g/mol. The van der Waals surface area contributed by atoms with Crippen LogP contribution in [0.25, 0.3) is 21.8 Å². The van der Waals surface area contributed by atoms with Gasteiger partial charge in [-0.3, -0.25) is 23.5 Å². The maximum atomic E-state index is 14.1. The van der Waals surface area contributed by atoms with Crippen molar-refractivity contribution in [2.24, 2.45) is 0 Å². The van der Waals surface area contributed by atoms with Gasteiger partial charge in [-0.2, -0.15) is 0 Å². The van der Waals surface area contributed by atoms with Gasteiger partial charge in [0.2, 0.25) is 17.7 Å². The van der Waals surface area contributed by atoms with Crippen molar-refractivity contribution in [3.8, 4) is 0 Å². The van der Waals surface area contributed by atoms with Gasteiger partial charge in [-0.25, -0.2) is 9.59 Å². The van der Waals surface area contributed by atoms with Gasteiger partial charge in [0.15, 0.2) is 6.04 Å². The van der Waals surface area contributed by atoms with Crippen molar-refractivity contribution in [1.29, 1.82) is 0 Å². The zero-order valence-corrected chi connectivity index (χ0v) is 27.5. The Morgan fingerprint density at radius 2 is 1.23 bits per heavy atom. The third kappa shape index (κ3) is 6.83. The van der Waals surface area contributed by atoms with Gasteiger partial charge in [-0.1, -0.05) is 44.0 Å². The van der Waals surface area contributed by atoms with Gasteiger partial charge in [-0.05, 0) is 45.0 Å². The molecule has 2 amide bonds. The molecule has 0 aliphatic rings. The van der Waals surface area contributed by atoms with E-state index in [0.717, 1.165) is 0 Å². The molecule has 0 aliphatic heterocycles. The van der Waals surface area contributed by atoms with Gasteiger partial charge in [-0.15, -0.1) is 0 Å². The molecule has 13 heteroatoms. The van der Waals surface area contributed by atoms with E-state index < -0.39 is 35.7 Å². The van der Waals surface area contributed by atoms with Crippen molar-refractivity contribution >= 4 is 83.4 Å². The smallest absolute Gasteiger partial charge is 0.408 e. The van der Waals surface area contributed by atoms with Crippen LogP contribution in [0.1, 0.15) is 67.4 Å². The minimum Gasteiger partial charge on any atom is -0.467 e. The summed E-state index contributed by atoms with van der Waals surface area (Å²) in [5.74, 6) is -2.21. The molecule has 43 heavy (non-hydrogen) atoms. The van der Waals surface area contributed by atoms with Crippen LogP contribution in [0.2, 0.25) is 0 Å². The van der Waals surface area contributed by atoms with Crippen molar-refractivity contribution in [2.75, 3.05) is 7.11 Å². The summed E-state index contributed by atoms with van der Waals surface area (Å²) in [5.41, 5.74) is 0.739. The summed E-state index contributed by atoms with van der Waals surface area (Å²) < 4.78 is 14.6. The molecule has 4 aromatic rings. The number of nitrogens with zero attached hydrogens (tertiary/aromatic N) is 2. The maximum absolute atomic E-state index is 14.1. The highest BCUT2D eigenvalue weighted by molar-refractivity contribution is 9.10. The first-order chi connectivity index (χ1) is 20.1. The zero-order chi connectivity index (χ0) is 31.8. The van der Waals surface area contributed by atoms with Crippen LogP contribution in [0.5, 0.6) is 0 Å². The summed E-state index contributed by atoms with van der Waals surface area (Å²) in [6, 6.07) is 7.58. The van der Waals surface area contributed by atoms with Crippen molar-refractivity contribution in [3.05, 3.63) is 68.9 Å². The van der Waals surface area contributed by atoms with E-state index in [9.17, 15) is 24.0 Å². The largest absolute Gasteiger partial charge is 0.467 e. The second-order valence-electron chi connectivity index (χ2n) is 10.8. The first-order valence-electron chi connectivity index (χ1n) is 13.1. The highest BCUT2D eigenvalue weighted by Gasteiger charge is 2.34. The normalized spacial score (nSPS) is 12.9. The number of fused-ring (bicyclic) bond motifs is 2. The van der Waals surface area contributed by atoms with Gasteiger partial charge >= 0.3 is 12.1 Å². The number of benzene rings is 2. The Hall–Kier alpha value is -3.97.